The fourth-order valence-electron chi connectivity index (χ4n) is 6.43. The first-order chi connectivity index (χ1) is 21.5. The zero-order chi connectivity index (χ0) is 32.9. The van der Waals surface area contributed by atoms with Gasteiger partial charge in [-0.05, 0) is 125 Å². The summed E-state index contributed by atoms with van der Waals surface area (Å²) in [5.74, 6) is 2.33. The van der Waals surface area contributed by atoms with Gasteiger partial charge in [0.25, 0.3) is 0 Å². The van der Waals surface area contributed by atoms with Crippen LogP contribution in [-0.2, 0) is 38.5 Å². The maximum absolute atomic E-state index is 11.2. The smallest absolute Gasteiger partial charge is 0.123 e. The lowest BCUT2D eigenvalue weighted by atomic mass is 9.88. The number of benzene rings is 3. The molecule has 3 aromatic carbocycles. The zero-order valence-electron chi connectivity index (χ0n) is 29.9. The van der Waals surface area contributed by atoms with Crippen LogP contribution in [0.2, 0.25) is 0 Å². The highest BCUT2D eigenvalue weighted by Crippen LogP contribution is 2.35. The molecule has 0 bridgehead atoms. The molecule has 0 spiro atoms. The van der Waals surface area contributed by atoms with E-state index in [0.29, 0.717) is 18.6 Å². The van der Waals surface area contributed by atoms with E-state index in [9.17, 15) is 5.11 Å². The van der Waals surface area contributed by atoms with Crippen molar-refractivity contribution in [1.29, 1.82) is 0 Å². The van der Waals surface area contributed by atoms with Crippen molar-refractivity contribution >= 4 is 0 Å². The summed E-state index contributed by atoms with van der Waals surface area (Å²) in [6.07, 6.45) is 15.0. The van der Waals surface area contributed by atoms with E-state index in [0.717, 1.165) is 67.6 Å². The fraction of sp³-hybridized carbons (Fsp3) is 0.571. The summed E-state index contributed by atoms with van der Waals surface area (Å²) in [6.45, 7) is 17.7. The normalized spacial score (nSPS) is 12.0. The minimum atomic E-state index is -0.510. The van der Waals surface area contributed by atoms with E-state index < -0.39 is 11.2 Å². The second-order valence-corrected chi connectivity index (χ2v) is 14.2. The van der Waals surface area contributed by atoms with Crippen molar-refractivity contribution in [3.63, 3.8) is 0 Å². The van der Waals surface area contributed by atoms with E-state index in [1.807, 2.05) is 6.07 Å². The van der Waals surface area contributed by atoms with Crippen LogP contribution in [-0.4, -0.2) is 16.3 Å². The van der Waals surface area contributed by atoms with Crippen molar-refractivity contribution in [2.24, 2.45) is 0 Å². The largest absolute Gasteiger partial charge is 0.508 e. The molecule has 3 rings (SSSR count). The van der Waals surface area contributed by atoms with E-state index in [1.165, 1.54) is 54.4 Å². The fourth-order valence-corrected chi connectivity index (χ4v) is 6.43. The van der Waals surface area contributed by atoms with Crippen LogP contribution in [0.15, 0.2) is 54.6 Å². The lowest BCUT2D eigenvalue weighted by Crippen LogP contribution is -2.34. The van der Waals surface area contributed by atoms with Gasteiger partial charge in [0.05, 0.1) is 0 Å². The van der Waals surface area contributed by atoms with Gasteiger partial charge in [-0.1, -0.05) is 89.8 Å². The van der Waals surface area contributed by atoms with Crippen LogP contribution in [0.25, 0.3) is 0 Å². The van der Waals surface area contributed by atoms with Crippen LogP contribution >= 0.6 is 0 Å². The number of ether oxygens (including phenoxy) is 2. The third-order valence-corrected chi connectivity index (χ3v) is 8.86. The first-order valence-corrected chi connectivity index (χ1v) is 17.9. The van der Waals surface area contributed by atoms with Gasteiger partial charge in [0.15, 0.2) is 0 Å². The van der Waals surface area contributed by atoms with Gasteiger partial charge in [0, 0.05) is 18.4 Å². The van der Waals surface area contributed by atoms with Crippen molar-refractivity contribution in [1.82, 2.24) is 0 Å². The molecule has 0 heterocycles. The Hall–Kier alpha value is -2.94. The van der Waals surface area contributed by atoms with Crippen molar-refractivity contribution in [2.45, 2.75) is 156 Å². The number of rotatable bonds is 20. The Morgan fingerprint density at radius 1 is 0.489 bits per heavy atom. The molecule has 0 aliphatic rings. The van der Waals surface area contributed by atoms with Crippen LogP contribution in [0.3, 0.4) is 0 Å². The molecule has 0 aliphatic heterocycles. The summed E-state index contributed by atoms with van der Waals surface area (Å²) < 4.78 is 13.7. The minimum Gasteiger partial charge on any atom is -0.508 e. The van der Waals surface area contributed by atoms with E-state index in [1.54, 1.807) is 6.07 Å². The second-order valence-electron chi connectivity index (χ2n) is 14.2. The molecule has 3 heteroatoms. The standard InChI is InChI=1S/C42H62O3/c1-9-13-20-32-22-18-28-39(35(32)25-15-11-3)44-41(5,6)30-34-24-17-27-38(43)37(34)31-42(7,8)45-40-29-19-23-33(21-14-10-2)36(40)26-16-12-4/h17-19,22-24,27-29,43H,9-16,20-21,25-26,30-31H2,1-8H3. The molecule has 1 N–H and O–H groups in total. The van der Waals surface area contributed by atoms with Gasteiger partial charge in [-0.25, -0.2) is 0 Å². The zero-order valence-corrected chi connectivity index (χ0v) is 29.9. The van der Waals surface area contributed by atoms with Crippen molar-refractivity contribution in [3.05, 3.63) is 88.0 Å². The van der Waals surface area contributed by atoms with Crippen LogP contribution in [0.4, 0.5) is 0 Å². The number of aryl methyl sites for hydroxylation is 2. The van der Waals surface area contributed by atoms with E-state index in [4.69, 9.17) is 9.47 Å². The van der Waals surface area contributed by atoms with Gasteiger partial charge in [-0.2, -0.15) is 0 Å². The number of unbranched alkanes of at least 4 members (excludes halogenated alkanes) is 4. The maximum Gasteiger partial charge on any atom is 0.123 e. The molecule has 0 aliphatic carbocycles. The van der Waals surface area contributed by atoms with Crippen LogP contribution < -0.4 is 9.47 Å². The number of phenols is 1. The van der Waals surface area contributed by atoms with Crippen molar-refractivity contribution in [3.8, 4) is 17.2 Å². The average molecular weight is 615 g/mol. The molecule has 0 radical (unpaired) electrons. The Morgan fingerprint density at radius 2 is 0.889 bits per heavy atom. The molecule has 0 saturated carbocycles. The van der Waals surface area contributed by atoms with Gasteiger partial charge in [-0.3, -0.25) is 0 Å². The van der Waals surface area contributed by atoms with E-state index >= 15 is 0 Å². The van der Waals surface area contributed by atoms with Gasteiger partial charge in [-0.15, -0.1) is 0 Å². The first kappa shape index (κ1) is 36.5. The Balaban J connectivity index is 1.87. The summed E-state index contributed by atoms with van der Waals surface area (Å²) in [6, 6.07) is 19.0. The maximum atomic E-state index is 11.2. The van der Waals surface area contributed by atoms with Crippen molar-refractivity contribution < 1.29 is 14.6 Å². The Morgan fingerprint density at radius 3 is 1.36 bits per heavy atom. The predicted molar refractivity (Wildman–Crippen MR) is 192 cm³/mol. The minimum absolute atomic E-state index is 0.327. The summed E-state index contributed by atoms with van der Waals surface area (Å²) in [5, 5.41) is 11.2. The number of aromatic hydroxyl groups is 1. The Bertz CT molecular complexity index is 1320. The van der Waals surface area contributed by atoms with Gasteiger partial charge >= 0.3 is 0 Å². The SMILES string of the molecule is CCCCc1cccc(OC(C)(C)Cc2cccc(O)c2CC(C)(C)Oc2cccc(CCCC)c2CCCC)c1CCCC. The molecular weight excluding hydrogens is 552 g/mol. The average Bonchev–Trinajstić information content (AvgIpc) is 2.99. The monoisotopic (exact) mass is 614 g/mol. The first-order valence-electron chi connectivity index (χ1n) is 17.9. The highest BCUT2D eigenvalue weighted by molar-refractivity contribution is 5.44. The molecule has 0 unspecified atom stereocenters. The molecular formula is C42H62O3. The molecule has 3 aromatic rings. The van der Waals surface area contributed by atoms with E-state index in [2.05, 4.69) is 97.9 Å². The highest BCUT2D eigenvalue weighted by Gasteiger charge is 2.29. The lowest BCUT2D eigenvalue weighted by molar-refractivity contribution is 0.101. The molecule has 0 amide bonds. The summed E-state index contributed by atoms with van der Waals surface area (Å²) in [4.78, 5) is 0. The summed E-state index contributed by atoms with van der Waals surface area (Å²) in [7, 11) is 0. The second kappa shape index (κ2) is 17.7. The summed E-state index contributed by atoms with van der Waals surface area (Å²) >= 11 is 0. The number of phenolic OH excluding ortho intramolecular Hbond substituents is 1. The third kappa shape index (κ3) is 11.1. The molecule has 0 saturated heterocycles. The summed E-state index contributed by atoms with van der Waals surface area (Å²) in [5.41, 5.74) is 6.64. The highest BCUT2D eigenvalue weighted by atomic mass is 16.5. The molecule has 3 nitrogen and oxygen atoms in total. The molecule has 248 valence electrons. The Labute approximate surface area is 275 Å². The topological polar surface area (TPSA) is 38.7 Å². The van der Waals surface area contributed by atoms with Crippen molar-refractivity contribution in [2.75, 3.05) is 0 Å². The molecule has 0 atom stereocenters. The predicted octanol–water partition coefficient (Wildman–Crippen LogP) is 11.6. The third-order valence-electron chi connectivity index (χ3n) is 8.86. The Kier molecular flexibility index (Phi) is 14.3. The van der Waals surface area contributed by atoms with Crippen LogP contribution in [0.1, 0.15) is 140 Å². The molecule has 0 aromatic heterocycles. The van der Waals surface area contributed by atoms with Crippen LogP contribution in [0.5, 0.6) is 17.2 Å². The quantitative estimate of drug-likeness (QED) is 0.138. The molecule has 0 fully saturated rings. The van der Waals surface area contributed by atoms with Gasteiger partial charge in [0.1, 0.15) is 28.5 Å². The number of hydrogen-bond acceptors (Lipinski definition) is 3. The molecule has 45 heavy (non-hydrogen) atoms. The van der Waals surface area contributed by atoms with E-state index in [-0.39, 0.29) is 0 Å². The van der Waals surface area contributed by atoms with Gasteiger partial charge in [0.2, 0.25) is 0 Å². The lowest BCUT2D eigenvalue weighted by Gasteiger charge is -2.32. The number of hydrogen-bond donors (Lipinski definition) is 1. The van der Waals surface area contributed by atoms with Gasteiger partial charge < -0.3 is 14.6 Å². The van der Waals surface area contributed by atoms with Crippen LogP contribution in [0, 0.1) is 0 Å².